The first-order valence-corrected chi connectivity index (χ1v) is 3.44. The van der Waals surface area contributed by atoms with Crippen LogP contribution in [-0.2, 0) is 4.79 Å². The predicted octanol–water partition coefficient (Wildman–Crippen LogP) is 1.84. The molecule has 0 aromatic carbocycles. The van der Waals surface area contributed by atoms with Gasteiger partial charge in [0.05, 0.1) is 12.2 Å². The van der Waals surface area contributed by atoms with Gasteiger partial charge in [0.1, 0.15) is 6.26 Å². The summed E-state index contributed by atoms with van der Waals surface area (Å²) in [6, 6.07) is 1.60. The zero-order valence-electron chi connectivity index (χ0n) is 6.53. The van der Waals surface area contributed by atoms with Gasteiger partial charge in [0, 0.05) is 6.07 Å². The van der Waals surface area contributed by atoms with E-state index in [9.17, 15) is 4.79 Å². The van der Waals surface area contributed by atoms with Gasteiger partial charge in [-0.15, -0.1) is 0 Å². The average Bonchev–Trinajstić information content (AvgIpc) is 2.39. The Balaban J connectivity index is 2.50. The van der Waals surface area contributed by atoms with E-state index in [1.807, 2.05) is 0 Å². The summed E-state index contributed by atoms with van der Waals surface area (Å²) in [7, 11) is 0. The molecule has 1 aromatic rings. The van der Waals surface area contributed by atoms with E-state index in [0.29, 0.717) is 5.75 Å². The lowest BCUT2D eigenvalue weighted by atomic mass is 10.2. The Labute approximate surface area is 65.0 Å². The molecular formula is C8H10O3. The predicted molar refractivity (Wildman–Crippen MR) is 39.2 cm³/mol. The van der Waals surface area contributed by atoms with Gasteiger partial charge in [-0.05, 0) is 0 Å². The van der Waals surface area contributed by atoms with Gasteiger partial charge in [0.15, 0.2) is 5.75 Å². The minimum atomic E-state index is -0.244. The van der Waals surface area contributed by atoms with E-state index >= 15 is 0 Å². The number of hydrogen-bond donors (Lipinski definition) is 0. The molecule has 0 radical (unpaired) electrons. The Hall–Kier alpha value is -1.25. The molecule has 0 aliphatic heterocycles. The van der Waals surface area contributed by atoms with Gasteiger partial charge >= 0.3 is 5.97 Å². The molecule has 0 atom stereocenters. The smallest absolute Gasteiger partial charge is 0.313 e. The van der Waals surface area contributed by atoms with Crippen LogP contribution in [0.4, 0.5) is 0 Å². The van der Waals surface area contributed by atoms with Crippen molar-refractivity contribution >= 4 is 5.97 Å². The van der Waals surface area contributed by atoms with E-state index in [0.717, 1.165) is 0 Å². The standard InChI is InChI=1S/C8H10O3/c1-6(2)8(9)11-7-3-4-10-5-7/h3-6H,1-2H3. The number of furan rings is 1. The lowest BCUT2D eigenvalue weighted by Gasteiger charge is -2.02. The van der Waals surface area contributed by atoms with Crippen molar-refractivity contribution in [2.45, 2.75) is 13.8 Å². The number of ether oxygens (including phenoxy) is 1. The molecule has 0 bridgehead atoms. The summed E-state index contributed by atoms with van der Waals surface area (Å²) in [6.07, 6.45) is 2.85. The Bertz CT molecular complexity index is 223. The van der Waals surface area contributed by atoms with Gasteiger partial charge in [-0.1, -0.05) is 13.8 Å². The molecule has 0 saturated carbocycles. The molecule has 1 aromatic heterocycles. The molecule has 3 nitrogen and oxygen atoms in total. The fourth-order valence-corrected chi connectivity index (χ4v) is 0.544. The SMILES string of the molecule is CC(C)C(=O)Oc1ccoc1. The van der Waals surface area contributed by atoms with Crippen LogP contribution in [0.1, 0.15) is 13.8 Å². The zero-order chi connectivity index (χ0) is 8.27. The van der Waals surface area contributed by atoms with Crippen LogP contribution in [-0.4, -0.2) is 5.97 Å². The van der Waals surface area contributed by atoms with E-state index in [4.69, 9.17) is 9.15 Å². The number of carbonyl (C=O) groups excluding carboxylic acids is 1. The molecular weight excluding hydrogens is 144 g/mol. The Morgan fingerprint density at radius 3 is 2.82 bits per heavy atom. The molecule has 0 amide bonds. The Morgan fingerprint density at radius 2 is 2.36 bits per heavy atom. The van der Waals surface area contributed by atoms with Crippen molar-refractivity contribution in [3.63, 3.8) is 0 Å². The van der Waals surface area contributed by atoms with E-state index in [2.05, 4.69) is 0 Å². The second-order valence-electron chi connectivity index (χ2n) is 2.53. The lowest BCUT2D eigenvalue weighted by molar-refractivity contribution is -0.137. The van der Waals surface area contributed by atoms with Crippen molar-refractivity contribution in [3.8, 4) is 5.75 Å². The summed E-state index contributed by atoms with van der Waals surface area (Å²) < 4.78 is 9.60. The van der Waals surface area contributed by atoms with Crippen molar-refractivity contribution in [2.75, 3.05) is 0 Å². The summed E-state index contributed by atoms with van der Waals surface area (Å²) in [4.78, 5) is 10.9. The van der Waals surface area contributed by atoms with E-state index in [1.54, 1.807) is 19.9 Å². The van der Waals surface area contributed by atoms with Crippen LogP contribution in [0.25, 0.3) is 0 Å². The van der Waals surface area contributed by atoms with Gasteiger partial charge in [-0.25, -0.2) is 0 Å². The van der Waals surface area contributed by atoms with E-state index in [-0.39, 0.29) is 11.9 Å². The highest BCUT2D eigenvalue weighted by atomic mass is 16.5. The molecule has 1 heterocycles. The molecule has 0 aliphatic rings. The van der Waals surface area contributed by atoms with Crippen LogP contribution in [0.2, 0.25) is 0 Å². The molecule has 0 N–H and O–H groups in total. The third-order valence-electron chi connectivity index (χ3n) is 1.18. The minimum Gasteiger partial charge on any atom is -0.469 e. The summed E-state index contributed by atoms with van der Waals surface area (Å²) in [5, 5.41) is 0. The molecule has 3 heteroatoms. The second-order valence-corrected chi connectivity index (χ2v) is 2.53. The van der Waals surface area contributed by atoms with Gasteiger partial charge in [0.25, 0.3) is 0 Å². The molecule has 1 rings (SSSR count). The summed E-state index contributed by atoms with van der Waals surface area (Å²) >= 11 is 0. The Morgan fingerprint density at radius 1 is 1.64 bits per heavy atom. The second kappa shape index (κ2) is 3.23. The highest BCUT2D eigenvalue weighted by molar-refractivity contribution is 5.74. The molecule has 0 spiro atoms. The normalized spacial score (nSPS) is 10.1. The molecule has 0 saturated heterocycles. The quantitative estimate of drug-likeness (QED) is 0.610. The van der Waals surface area contributed by atoms with Crippen LogP contribution in [0.15, 0.2) is 23.0 Å². The van der Waals surface area contributed by atoms with E-state index in [1.165, 1.54) is 12.5 Å². The van der Waals surface area contributed by atoms with Crippen LogP contribution in [0.3, 0.4) is 0 Å². The Kier molecular flexibility index (Phi) is 2.31. The van der Waals surface area contributed by atoms with Gasteiger partial charge in [-0.3, -0.25) is 4.79 Å². The van der Waals surface area contributed by atoms with Gasteiger partial charge in [-0.2, -0.15) is 0 Å². The van der Waals surface area contributed by atoms with Gasteiger partial charge in [0.2, 0.25) is 0 Å². The first-order chi connectivity index (χ1) is 5.20. The minimum absolute atomic E-state index is 0.107. The topological polar surface area (TPSA) is 39.4 Å². The number of rotatable bonds is 2. The summed E-state index contributed by atoms with van der Waals surface area (Å²) in [5.41, 5.74) is 0. The lowest BCUT2D eigenvalue weighted by Crippen LogP contribution is -2.14. The van der Waals surface area contributed by atoms with Crippen molar-refractivity contribution < 1.29 is 13.9 Å². The fourth-order valence-electron chi connectivity index (χ4n) is 0.544. The van der Waals surface area contributed by atoms with Gasteiger partial charge < -0.3 is 9.15 Å². The number of carbonyl (C=O) groups is 1. The highest BCUT2D eigenvalue weighted by Crippen LogP contribution is 2.11. The fraction of sp³-hybridized carbons (Fsp3) is 0.375. The van der Waals surface area contributed by atoms with Crippen molar-refractivity contribution in [3.05, 3.63) is 18.6 Å². The molecule has 60 valence electrons. The summed E-state index contributed by atoms with van der Waals surface area (Å²) in [6.45, 7) is 3.56. The zero-order valence-corrected chi connectivity index (χ0v) is 6.53. The maximum absolute atomic E-state index is 10.9. The first kappa shape index (κ1) is 7.85. The average molecular weight is 154 g/mol. The van der Waals surface area contributed by atoms with Crippen LogP contribution >= 0.6 is 0 Å². The third kappa shape index (κ3) is 2.11. The molecule has 0 aliphatic carbocycles. The van der Waals surface area contributed by atoms with Crippen molar-refractivity contribution in [1.82, 2.24) is 0 Å². The summed E-state index contributed by atoms with van der Waals surface area (Å²) in [5.74, 6) is 0.111. The molecule has 0 fully saturated rings. The molecule has 11 heavy (non-hydrogen) atoms. The van der Waals surface area contributed by atoms with Crippen LogP contribution < -0.4 is 4.74 Å². The monoisotopic (exact) mass is 154 g/mol. The maximum Gasteiger partial charge on any atom is 0.313 e. The van der Waals surface area contributed by atoms with Crippen LogP contribution in [0.5, 0.6) is 5.75 Å². The van der Waals surface area contributed by atoms with Crippen molar-refractivity contribution in [2.24, 2.45) is 5.92 Å². The van der Waals surface area contributed by atoms with Crippen LogP contribution in [0, 0.1) is 5.92 Å². The van der Waals surface area contributed by atoms with E-state index < -0.39 is 0 Å². The third-order valence-corrected chi connectivity index (χ3v) is 1.18. The molecule has 0 unspecified atom stereocenters. The number of hydrogen-bond acceptors (Lipinski definition) is 3. The maximum atomic E-state index is 10.9. The van der Waals surface area contributed by atoms with Crippen molar-refractivity contribution in [1.29, 1.82) is 0 Å². The first-order valence-electron chi connectivity index (χ1n) is 3.44. The largest absolute Gasteiger partial charge is 0.469 e. The highest BCUT2D eigenvalue weighted by Gasteiger charge is 2.09. The number of esters is 1.